The van der Waals surface area contributed by atoms with Crippen LogP contribution in [0, 0.1) is 5.92 Å². The number of nitrogens with zero attached hydrogens (tertiary/aromatic N) is 1. The van der Waals surface area contributed by atoms with Crippen LogP contribution in [0.4, 0.5) is 4.79 Å². The molecule has 2 fully saturated rings. The van der Waals surface area contributed by atoms with Crippen LogP contribution in [0.2, 0.25) is 0 Å². The molecule has 4 heteroatoms. The van der Waals surface area contributed by atoms with Gasteiger partial charge < -0.3 is 5.32 Å². The molecule has 1 saturated carbocycles. The number of carbonyl (C=O) groups is 2. The smallest absolute Gasteiger partial charge is 0.325 e. The summed E-state index contributed by atoms with van der Waals surface area (Å²) in [5, 5.41) is 2.88. The number of carbonyl (C=O) groups excluding carboxylic acids is 2. The number of amides is 3. The molecule has 0 radical (unpaired) electrons. The fraction of sp³-hybridized carbons (Fsp3) is 0.500. The number of hydrogen-bond acceptors (Lipinski definition) is 2. The molecular formula is C16H20N2O2. The Balaban J connectivity index is 1.70. The minimum Gasteiger partial charge on any atom is -0.326 e. The molecule has 1 aliphatic carbocycles. The number of imide groups is 1. The predicted molar refractivity (Wildman–Crippen MR) is 75.9 cm³/mol. The Bertz CT molecular complexity index is 494. The zero-order chi connectivity index (χ0) is 13.9. The summed E-state index contributed by atoms with van der Waals surface area (Å²) in [6, 6.07) is 9.11. The fourth-order valence-corrected chi connectivity index (χ4v) is 3.24. The third-order valence-electron chi connectivity index (χ3n) is 4.36. The molecule has 106 valence electrons. The van der Waals surface area contributed by atoms with Crippen molar-refractivity contribution in [2.24, 2.45) is 5.92 Å². The summed E-state index contributed by atoms with van der Waals surface area (Å²) in [4.78, 5) is 25.9. The summed E-state index contributed by atoms with van der Waals surface area (Å²) in [5.74, 6) is 0.270. The van der Waals surface area contributed by atoms with Crippen molar-refractivity contribution >= 4 is 11.9 Å². The summed E-state index contributed by atoms with van der Waals surface area (Å²) >= 11 is 0. The largest absolute Gasteiger partial charge is 0.326 e. The van der Waals surface area contributed by atoms with E-state index in [2.05, 4.69) is 5.32 Å². The van der Waals surface area contributed by atoms with Crippen molar-refractivity contribution < 1.29 is 9.59 Å². The molecule has 1 aliphatic heterocycles. The first-order valence-electron chi connectivity index (χ1n) is 7.41. The van der Waals surface area contributed by atoms with Crippen LogP contribution in [0.3, 0.4) is 0 Å². The monoisotopic (exact) mass is 272 g/mol. The molecule has 1 atom stereocenters. The van der Waals surface area contributed by atoms with Gasteiger partial charge in [0.2, 0.25) is 0 Å². The van der Waals surface area contributed by atoms with Gasteiger partial charge in [-0.2, -0.15) is 0 Å². The lowest BCUT2D eigenvalue weighted by Gasteiger charge is -2.25. The quantitative estimate of drug-likeness (QED) is 0.860. The summed E-state index contributed by atoms with van der Waals surface area (Å²) in [7, 11) is 0. The van der Waals surface area contributed by atoms with Gasteiger partial charge in [-0.1, -0.05) is 49.6 Å². The predicted octanol–water partition coefficient (Wildman–Crippen LogP) is 2.69. The van der Waals surface area contributed by atoms with Crippen molar-refractivity contribution in [2.75, 3.05) is 0 Å². The minimum atomic E-state index is -0.300. The molecule has 0 bridgehead atoms. The van der Waals surface area contributed by atoms with Crippen LogP contribution < -0.4 is 5.32 Å². The summed E-state index contributed by atoms with van der Waals surface area (Å²) in [6.45, 7) is 0.370. The van der Waals surface area contributed by atoms with Crippen LogP contribution in [0.5, 0.6) is 0 Å². The van der Waals surface area contributed by atoms with E-state index in [1.807, 2.05) is 30.3 Å². The minimum absolute atomic E-state index is 0.0502. The topological polar surface area (TPSA) is 49.4 Å². The van der Waals surface area contributed by atoms with Crippen molar-refractivity contribution in [3.8, 4) is 0 Å². The molecule has 0 spiro atoms. The van der Waals surface area contributed by atoms with Gasteiger partial charge in [-0.15, -0.1) is 0 Å². The van der Waals surface area contributed by atoms with Crippen LogP contribution in [0.15, 0.2) is 30.3 Å². The number of rotatable bonds is 3. The van der Waals surface area contributed by atoms with Crippen LogP contribution in [0.1, 0.15) is 37.7 Å². The molecule has 1 unspecified atom stereocenters. The normalized spacial score (nSPS) is 24.0. The number of benzene rings is 1. The molecule has 1 aromatic rings. The van der Waals surface area contributed by atoms with Crippen molar-refractivity contribution in [1.29, 1.82) is 0 Å². The maximum absolute atomic E-state index is 12.5. The first-order valence-corrected chi connectivity index (χ1v) is 7.41. The van der Waals surface area contributed by atoms with Gasteiger partial charge in [-0.25, -0.2) is 4.79 Å². The average Bonchev–Trinajstić information content (AvgIpc) is 2.77. The lowest BCUT2D eigenvalue weighted by Crippen LogP contribution is -2.38. The molecule has 1 heterocycles. The molecule has 2 aliphatic rings. The van der Waals surface area contributed by atoms with E-state index in [-0.39, 0.29) is 18.0 Å². The van der Waals surface area contributed by atoms with Crippen LogP contribution in [-0.4, -0.2) is 22.9 Å². The third-order valence-corrected chi connectivity index (χ3v) is 4.36. The maximum Gasteiger partial charge on any atom is 0.325 e. The maximum atomic E-state index is 12.5. The van der Waals surface area contributed by atoms with E-state index in [0.717, 1.165) is 18.4 Å². The lowest BCUT2D eigenvalue weighted by atomic mass is 9.84. The Labute approximate surface area is 119 Å². The summed E-state index contributed by atoms with van der Waals surface area (Å²) < 4.78 is 0. The van der Waals surface area contributed by atoms with Gasteiger partial charge in [0.15, 0.2) is 0 Å². The summed E-state index contributed by atoms with van der Waals surface area (Å²) in [6.07, 6.45) is 5.69. The number of nitrogens with one attached hydrogen (secondary N) is 1. The van der Waals surface area contributed by atoms with Crippen molar-refractivity contribution in [1.82, 2.24) is 10.2 Å². The second-order valence-corrected chi connectivity index (χ2v) is 5.74. The summed E-state index contributed by atoms with van der Waals surface area (Å²) in [5.41, 5.74) is 0.986. The van der Waals surface area contributed by atoms with Crippen molar-refractivity contribution in [2.45, 2.75) is 44.7 Å². The Kier molecular flexibility index (Phi) is 3.72. The molecule has 0 aromatic heterocycles. The van der Waals surface area contributed by atoms with Crippen molar-refractivity contribution in [3.63, 3.8) is 0 Å². The number of urea groups is 1. The number of hydrogen-bond donors (Lipinski definition) is 1. The molecule has 1 saturated heterocycles. The lowest BCUT2D eigenvalue weighted by molar-refractivity contribution is -0.129. The molecule has 1 N–H and O–H groups in total. The zero-order valence-corrected chi connectivity index (χ0v) is 11.5. The van der Waals surface area contributed by atoms with E-state index in [1.54, 1.807) is 0 Å². The zero-order valence-electron chi connectivity index (χ0n) is 11.5. The SMILES string of the molecule is O=C1NC(C2CCCCC2)C(=O)N1Cc1ccccc1. The van der Waals surface area contributed by atoms with Crippen LogP contribution in [-0.2, 0) is 11.3 Å². The van der Waals surface area contributed by atoms with E-state index < -0.39 is 0 Å². The Hall–Kier alpha value is -1.84. The highest BCUT2D eigenvalue weighted by molar-refractivity contribution is 6.04. The van der Waals surface area contributed by atoms with E-state index in [0.29, 0.717) is 12.5 Å². The third kappa shape index (κ3) is 2.55. The molecule has 4 nitrogen and oxygen atoms in total. The average molecular weight is 272 g/mol. The molecule has 20 heavy (non-hydrogen) atoms. The van der Waals surface area contributed by atoms with Crippen LogP contribution in [0.25, 0.3) is 0 Å². The van der Waals surface area contributed by atoms with Gasteiger partial charge in [0, 0.05) is 0 Å². The van der Waals surface area contributed by atoms with Gasteiger partial charge in [0.1, 0.15) is 6.04 Å². The van der Waals surface area contributed by atoms with E-state index in [1.165, 1.54) is 24.2 Å². The fourth-order valence-electron chi connectivity index (χ4n) is 3.24. The van der Waals surface area contributed by atoms with E-state index >= 15 is 0 Å². The Morgan fingerprint density at radius 3 is 2.45 bits per heavy atom. The van der Waals surface area contributed by atoms with E-state index in [9.17, 15) is 9.59 Å². The highest BCUT2D eigenvalue weighted by Crippen LogP contribution is 2.29. The first-order chi connectivity index (χ1) is 9.75. The van der Waals surface area contributed by atoms with Gasteiger partial charge >= 0.3 is 6.03 Å². The second-order valence-electron chi connectivity index (χ2n) is 5.74. The highest BCUT2D eigenvalue weighted by Gasteiger charge is 2.42. The Morgan fingerprint density at radius 2 is 1.75 bits per heavy atom. The highest BCUT2D eigenvalue weighted by atomic mass is 16.2. The van der Waals surface area contributed by atoms with Gasteiger partial charge in [-0.3, -0.25) is 9.69 Å². The standard InChI is InChI=1S/C16H20N2O2/c19-15-14(13-9-5-2-6-10-13)17-16(20)18(15)11-12-7-3-1-4-8-12/h1,3-4,7-8,13-14H,2,5-6,9-11H2,(H,17,20). The van der Waals surface area contributed by atoms with Crippen molar-refractivity contribution in [3.05, 3.63) is 35.9 Å². The van der Waals surface area contributed by atoms with Gasteiger partial charge in [-0.05, 0) is 24.3 Å². The molecule has 1 aromatic carbocycles. The van der Waals surface area contributed by atoms with Crippen LogP contribution >= 0.6 is 0 Å². The molecular weight excluding hydrogens is 252 g/mol. The molecule has 3 amide bonds. The molecule has 3 rings (SSSR count). The van der Waals surface area contributed by atoms with E-state index in [4.69, 9.17) is 0 Å². The first kappa shape index (κ1) is 13.2. The van der Waals surface area contributed by atoms with Gasteiger partial charge in [0.05, 0.1) is 6.54 Å². The van der Waals surface area contributed by atoms with Gasteiger partial charge in [0.25, 0.3) is 5.91 Å². The Morgan fingerprint density at radius 1 is 1.05 bits per heavy atom. The second kappa shape index (κ2) is 5.65.